The topological polar surface area (TPSA) is 82.4 Å². The van der Waals surface area contributed by atoms with Gasteiger partial charge < -0.3 is 20.0 Å². The van der Waals surface area contributed by atoms with Crippen molar-refractivity contribution in [1.29, 1.82) is 0 Å². The molecule has 0 saturated carbocycles. The lowest BCUT2D eigenvalue weighted by molar-refractivity contribution is -0.136. The van der Waals surface area contributed by atoms with Crippen LogP contribution in [0.15, 0.2) is 88.6 Å². The molecule has 0 unspecified atom stereocenters. The number of nitrogens with zero attached hydrogens (tertiary/aromatic N) is 2. The third-order valence-electron chi connectivity index (χ3n) is 6.23. The van der Waals surface area contributed by atoms with Crippen LogP contribution in [0.4, 0.5) is 5.69 Å². The number of benzene rings is 2. The fraction of sp³-hybridized carbons (Fsp3) is 0.310. The smallest absolute Gasteiger partial charge is 0.368 e. The lowest BCUT2D eigenvalue weighted by Crippen LogP contribution is -2.29. The molecule has 0 amide bonds. The molecule has 0 saturated heterocycles. The van der Waals surface area contributed by atoms with E-state index in [2.05, 4.69) is 37.2 Å². The van der Waals surface area contributed by atoms with Crippen molar-refractivity contribution >= 4 is 23.4 Å². The molecule has 6 nitrogen and oxygen atoms in total. The second-order valence-electron chi connectivity index (χ2n) is 9.68. The van der Waals surface area contributed by atoms with Crippen LogP contribution in [0.3, 0.4) is 0 Å². The fourth-order valence-electron chi connectivity index (χ4n) is 4.69. The van der Waals surface area contributed by atoms with E-state index in [0.29, 0.717) is 24.4 Å². The number of hydrogen-bond acceptors (Lipinski definition) is 6. The lowest BCUT2D eigenvalue weighted by Gasteiger charge is -2.31. The van der Waals surface area contributed by atoms with E-state index in [9.17, 15) is 15.0 Å². The molecule has 0 spiro atoms. The van der Waals surface area contributed by atoms with Gasteiger partial charge in [0.05, 0.1) is 18.8 Å². The molecule has 35 heavy (non-hydrogen) atoms. The molecule has 4 rings (SSSR count). The number of oxime groups is 1. The Balaban J connectivity index is 1.61. The Hall–Kier alpha value is -3.48. The molecule has 2 aromatic rings. The van der Waals surface area contributed by atoms with E-state index in [-0.39, 0.29) is 18.6 Å². The number of rotatable bonds is 8. The van der Waals surface area contributed by atoms with E-state index in [1.54, 1.807) is 0 Å². The zero-order valence-corrected chi connectivity index (χ0v) is 20.3. The van der Waals surface area contributed by atoms with E-state index in [0.717, 1.165) is 40.8 Å². The van der Waals surface area contributed by atoms with Crippen molar-refractivity contribution in [2.24, 2.45) is 10.6 Å². The minimum atomic E-state index is -0.401. The van der Waals surface area contributed by atoms with E-state index in [4.69, 9.17) is 4.84 Å². The second-order valence-corrected chi connectivity index (χ2v) is 9.68. The van der Waals surface area contributed by atoms with Crippen LogP contribution in [-0.2, 0) is 9.63 Å². The number of allylic oxidation sites excluding steroid dienone is 4. The van der Waals surface area contributed by atoms with E-state index in [1.165, 1.54) is 0 Å². The molecule has 0 atom stereocenters. The summed E-state index contributed by atoms with van der Waals surface area (Å²) in [5, 5.41) is 22.6. The van der Waals surface area contributed by atoms with Crippen LogP contribution in [0, 0.1) is 5.41 Å². The number of aliphatic hydroxyl groups is 2. The Morgan fingerprint density at radius 1 is 0.971 bits per heavy atom. The standard InChI is InChI=1S/C29H32N2O4/c1-29(2)19-22(9-8-21-10-12-25(13-11-21)31(14-16-32)15-17-33)18-24(20-29)26-27(30-35-28(26)34)23-6-4-3-5-7-23/h3-13,18,32-33H,14-17,19-20H2,1-2H3/b9-8+,26-24+. The van der Waals surface area contributed by atoms with Gasteiger partial charge in [-0.25, -0.2) is 4.79 Å². The van der Waals surface area contributed by atoms with Crippen LogP contribution < -0.4 is 4.90 Å². The third-order valence-corrected chi connectivity index (χ3v) is 6.23. The van der Waals surface area contributed by atoms with Gasteiger partial charge in [-0.2, -0.15) is 0 Å². The first-order valence-electron chi connectivity index (χ1n) is 11.9. The Labute approximate surface area is 206 Å². The zero-order chi connectivity index (χ0) is 24.8. The number of anilines is 1. The molecule has 0 radical (unpaired) electrons. The maximum Gasteiger partial charge on any atom is 0.368 e. The Morgan fingerprint density at radius 2 is 1.66 bits per heavy atom. The summed E-state index contributed by atoms with van der Waals surface area (Å²) in [6.45, 7) is 5.44. The zero-order valence-electron chi connectivity index (χ0n) is 20.3. The van der Waals surface area contributed by atoms with E-state index < -0.39 is 5.97 Å². The van der Waals surface area contributed by atoms with Crippen LogP contribution in [0.1, 0.15) is 37.8 Å². The molecule has 2 aliphatic rings. The van der Waals surface area contributed by atoms with Gasteiger partial charge in [-0.15, -0.1) is 0 Å². The van der Waals surface area contributed by atoms with Crippen molar-refractivity contribution < 1.29 is 19.8 Å². The highest BCUT2D eigenvalue weighted by Crippen LogP contribution is 2.41. The summed E-state index contributed by atoms with van der Waals surface area (Å²) >= 11 is 0. The Kier molecular flexibility index (Phi) is 7.63. The molecule has 1 aliphatic heterocycles. The van der Waals surface area contributed by atoms with Crippen molar-refractivity contribution in [2.45, 2.75) is 26.7 Å². The van der Waals surface area contributed by atoms with Gasteiger partial charge >= 0.3 is 5.97 Å². The average molecular weight is 473 g/mol. The minimum absolute atomic E-state index is 0.0135. The van der Waals surface area contributed by atoms with Gasteiger partial charge in [-0.1, -0.05) is 79.7 Å². The summed E-state index contributed by atoms with van der Waals surface area (Å²) < 4.78 is 0. The number of carbonyl (C=O) groups is 1. The Morgan fingerprint density at radius 3 is 2.31 bits per heavy atom. The van der Waals surface area contributed by atoms with Crippen LogP contribution in [-0.4, -0.2) is 48.2 Å². The summed E-state index contributed by atoms with van der Waals surface area (Å²) in [5.74, 6) is -0.401. The van der Waals surface area contributed by atoms with Crippen LogP contribution in [0.5, 0.6) is 0 Å². The summed E-state index contributed by atoms with van der Waals surface area (Å²) in [7, 11) is 0. The van der Waals surface area contributed by atoms with Gasteiger partial charge in [-0.3, -0.25) is 0 Å². The maximum atomic E-state index is 12.7. The molecular weight excluding hydrogens is 440 g/mol. The summed E-state index contributed by atoms with van der Waals surface area (Å²) in [5.41, 5.74) is 6.09. The molecule has 2 N–H and O–H groups in total. The molecule has 0 fully saturated rings. The van der Waals surface area contributed by atoms with Crippen molar-refractivity contribution in [3.05, 3.63) is 94.6 Å². The van der Waals surface area contributed by atoms with Crippen LogP contribution in [0.2, 0.25) is 0 Å². The summed E-state index contributed by atoms with van der Waals surface area (Å²) in [6.07, 6.45) is 7.93. The van der Waals surface area contributed by atoms with Crippen LogP contribution in [0.25, 0.3) is 6.08 Å². The molecule has 6 heteroatoms. The fourth-order valence-corrected chi connectivity index (χ4v) is 4.69. The first-order valence-corrected chi connectivity index (χ1v) is 11.9. The summed E-state index contributed by atoms with van der Waals surface area (Å²) in [4.78, 5) is 19.7. The normalized spacial score (nSPS) is 19.5. The van der Waals surface area contributed by atoms with Crippen molar-refractivity contribution in [3.63, 3.8) is 0 Å². The molecule has 1 heterocycles. The third kappa shape index (κ3) is 5.96. The van der Waals surface area contributed by atoms with Crippen molar-refractivity contribution in [1.82, 2.24) is 0 Å². The number of carbonyl (C=O) groups excluding carboxylic acids is 1. The van der Waals surface area contributed by atoms with Gasteiger partial charge in [0, 0.05) is 24.3 Å². The average Bonchev–Trinajstić information content (AvgIpc) is 3.24. The predicted octanol–water partition coefficient (Wildman–Crippen LogP) is 4.49. The molecule has 182 valence electrons. The van der Waals surface area contributed by atoms with Gasteiger partial charge in [0.2, 0.25) is 0 Å². The molecule has 0 aromatic heterocycles. The minimum Gasteiger partial charge on any atom is -0.395 e. The number of hydrogen-bond donors (Lipinski definition) is 2. The highest BCUT2D eigenvalue weighted by Gasteiger charge is 2.34. The summed E-state index contributed by atoms with van der Waals surface area (Å²) in [6, 6.07) is 17.7. The largest absolute Gasteiger partial charge is 0.395 e. The first kappa shape index (κ1) is 24.6. The number of aliphatic hydroxyl groups excluding tert-OH is 2. The second kappa shape index (κ2) is 10.8. The highest BCUT2D eigenvalue weighted by atomic mass is 16.7. The van der Waals surface area contributed by atoms with E-state index in [1.807, 2.05) is 59.5 Å². The molecule has 1 aliphatic carbocycles. The van der Waals surface area contributed by atoms with Crippen molar-refractivity contribution in [3.8, 4) is 0 Å². The van der Waals surface area contributed by atoms with Gasteiger partial charge in [-0.05, 0) is 47.1 Å². The van der Waals surface area contributed by atoms with Gasteiger partial charge in [0.15, 0.2) is 0 Å². The van der Waals surface area contributed by atoms with Gasteiger partial charge in [0.25, 0.3) is 0 Å². The predicted molar refractivity (Wildman–Crippen MR) is 139 cm³/mol. The molecule has 0 bridgehead atoms. The molecular formula is C29H32N2O4. The SMILES string of the molecule is CC1(C)CC(/C=C/c2ccc(N(CCO)CCO)cc2)=CC(=C2\C(=O)ON=C2c2ccccc2)/C1. The molecule has 2 aromatic carbocycles. The van der Waals surface area contributed by atoms with Crippen molar-refractivity contribution in [2.75, 3.05) is 31.2 Å². The first-order chi connectivity index (χ1) is 16.9. The van der Waals surface area contributed by atoms with E-state index >= 15 is 0 Å². The maximum absolute atomic E-state index is 12.7. The monoisotopic (exact) mass is 472 g/mol. The lowest BCUT2D eigenvalue weighted by atomic mass is 9.73. The highest BCUT2D eigenvalue weighted by molar-refractivity contribution is 6.29. The van der Waals surface area contributed by atoms with Gasteiger partial charge in [0.1, 0.15) is 5.71 Å². The Bertz CT molecular complexity index is 1170. The van der Waals surface area contributed by atoms with Crippen LogP contribution >= 0.6 is 0 Å². The quantitative estimate of drug-likeness (QED) is 0.437.